The van der Waals surface area contributed by atoms with Crippen LogP contribution < -0.4 is 10.1 Å². The maximum Gasteiger partial charge on any atom is 0.261 e. The van der Waals surface area contributed by atoms with E-state index >= 15 is 0 Å². The van der Waals surface area contributed by atoms with Gasteiger partial charge in [-0.2, -0.15) is 0 Å². The Morgan fingerprint density at radius 2 is 2.12 bits per heavy atom. The lowest BCUT2D eigenvalue weighted by molar-refractivity contribution is -0.0377. The monoisotopic (exact) mass is 370 g/mol. The maximum atomic E-state index is 13.1. The van der Waals surface area contributed by atoms with Crippen molar-refractivity contribution in [3.05, 3.63) is 28.6 Å². The minimum atomic E-state index is 0.0375. The van der Waals surface area contributed by atoms with Gasteiger partial charge in [0.05, 0.1) is 16.2 Å². The van der Waals surface area contributed by atoms with E-state index in [1.165, 1.54) is 18.4 Å². The molecule has 0 radical (unpaired) electrons. The Hall–Kier alpha value is -1.59. The topological polar surface area (TPSA) is 41.6 Å². The van der Waals surface area contributed by atoms with Gasteiger partial charge in [0, 0.05) is 11.6 Å². The van der Waals surface area contributed by atoms with Crippen molar-refractivity contribution in [3.8, 4) is 5.75 Å². The number of thiophene rings is 1. The molecule has 0 spiro atoms. The molecule has 3 fully saturated rings. The lowest BCUT2D eigenvalue weighted by Gasteiger charge is -2.56. The number of fused-ring (bicyclic) bond motifs is 6. The molecule has 1 amide bonds. The van der Waals surface area contributed by atoms with Crippen LogP contribution in [0.15, 0.2) is 18.2 Å². The first-order valence-corrected chi connectivity index (χ1v) is 10.6. The number of carbonyl (C=O) groups is 1. The van der Waals surface area contributed by atoms with Crippen LogP contribution in [0.2, 0.25) is 0 Å². The van der Waals surface area contributed by atoms with Gasteiger partial charge < -0.3 is 10.1 Å². The molecule has 5 heterocycles. The molecule has 3 saturated heterocycles. The predicted molar refractivity (Wildman–Crippen MR) is 105 cm³/mol. The molecule has 0 unspecified atom stereocenters. The number of hydrogen-bond acceptors (Lipinski definition) is 4. The molecule has 1 atom stereocenters. The molecule has 2 bridgehead atoms. The van der Waals surface area contributed by atoms with Crippen LogP contribution in [0.4, 0.5) is 0 Å². The number of benzene rings is 1. The Morgan fingerprint density at radius 1 is 1.31 bits per heavy atom. The van der Waals surface area contributed by atoms with Gasteiger partial charge in [-0.3, -0.25) is 9.69 Å². The Morgan fingerprint density at radius 3 is 2.88 bits per heavy atom. The minimum absolute atomic E-state index is 0.0375. The highest BCUT2D eigenvalue weighted by Crippen LogP contribution is 2.41. The molecule has 26 heavy (non-hydrogen) atoms. The third kappa shape index (κ3) is 2.48. The highest BCUT2D eigenvalue weighted by atomic mass is 32.1. The van der Waals surface area contributed by atoms with Gasteiger partial charge in [-0.25, -0.2) is 0 Å². The van der Waals surface area contributed by atoms with Gasteiger partial charge in [-0.05, 0) is 75.6 Å². The molecule has 1 aromatic carbocycles. The first kappa shape index (κ1) is 16.6. The van der Waals surface area contributed by atoms with Crippen molar-refractivity contribution in [2.24, 2.45) is 5.92 Å². The Balaban J connectivity index is 1.44. The SMILES string of the molecule is CC1(C)[C@@H](NC(=O)c2cc3ccc4c(c3s2)OCCC4)C2CCN1CC2. The van der Waals surface area contributed by atoms with Crippen molar-refractivity contribution >= 4 is 27.3 Å². The van der Waals surface area contributed by atoms with Crippen molar-refractivity contribution in [1.29, 1.82) is 0 Å². The second-order valence-corrected chi connectivity index (χ2v) is 9.52. The van der Waals surface area contributed by atoms with E-state index in [1.54, 1.807) is 11.3 Å². The van der Waals surface area contributed by atoms with Crippen molar-refractivity contribution in [2.45, 2.75) is 51.1 Å². The number of ether oxygens (including phenoxy) is 1. The van der Waals surface area contributed by atoms with Crippen LogP contribution >= 0.6 is 11.3 Å². The molecule has 0 saturated carbocycles. The van der Waals surface area contributed by atoms with Gasteiger partial charge in [0.25, 0.3) is 5.91 Å². The van der Waals surface area contributed by atoms with Crippen molar-refractivity contribution in [2.75, 3.05) is 19.7 Å². The van der Waals surface area contributed by atoms with E-state index in [2.05, 4.69) is 36.2 Å². The number of nitrogens with zero attached hydrogens (tertiary/aromatic N) is 1. The summed E-state index contributed by atoms with van der Waals surface area (Å²) in [7, 11) is 0. The number of rotatable bonds is 2. The highest BCUT2D eigenvalue weighted by molar-refractivity contribution is 7.21. The van der Waals surface area contributed by atoms with Crippen LogP contribution in [-0.2, 0) is 6.42 Å². The van der Waals surface area contributed by atoms with Gasteiger partial charge >= 0.3 is 0 Å². The van der Waals surface area contributed by atoms with Gasteiger partial charge in [0.15, 0.2) is 0 Å². The number of amides is 1. The molecule has 4 aliphatic rings. The second-order valence-electron chi connectivity index (χ2n) is 8.46. The first-order valence-electron chi connectivity index (χ1n) is 9.78. The summed E-state index contributed by atoms with van der Waals surface area (Å²) in [5, 5.41) is 4.51. The van der Waals surface area contributed by atoms with E-state index < -0.39 is 0 Å². The average molecular weight is 371 g/mol. The van der Waals surface area contributed by atoms with Crippen molar-refractivity contribution in [3.63, 3.8) is 0 Å². The molecule has 1 aromatic heterocycles. The lowest BCUT2D eigenvalue weighted by Crippen LogP contribution is -2.69. The maximum absolute atomic E-state index is 13.1. The molecule has 4 aliphatic heterocycles. The molecule has 1 N–H and O–H groups in total. The zero-order valence-electron chi connectivity index (χ0n) is 15.5. The number of hydrogen-bond donors (Lipinski definition) is 1. The first-order chi connectivity index (χ1) is 12.5. The Bertz CT molecular complexity index is 864. The fourth-order valence-corrected chi connectivity index (χ4v) is 6.20. The van der Waals surface area contributed by atoms with Crippen molar-refractivity contribution < 1.29 is 9.53 Å². The summed E-state index contributed by atoms with van der Waals surface area (Å²) in [6.07, 6.45) is 4.54. The van der Waals surface area contributed by atoms with E-state index in [9.17, 15) is 4.79 Å². The fraction of sp³-hybridized carbons (Fsp3) is 0.571. The molecule has 4 nitrogen and oxygen atoms in total. The number of nitrogens with one attached hydrogen (secondary N) is 1. The summed E-state index contributed by atoms with van der Waals surface area (Å²) in [5.41, 5.74) is 1.31. The van der Waals surface area contributed by atoms with Crippen LogP contribution in [0.25, 0.3) is 10.1 Å². The Kier molecular flexibility index (Phi) is 3.80. The number of aryl methyl sites for hydroxylation is 1. The average Bonchev–Trinajstić information content (AvgIpc) is 3.10. The standard InChI is InChI=1S/C21H26N2O2S/c1-21(2)19(14-7-9-23(21)10-8-14)22-20(24)16-12-15-6-5-13-4-3-11-25-17(13)18(15)26-16/h5-6,12,14,19H,3-4,7-11H2,1-2H3,(H,22,24)/t19-/m0/s1. The van der Waals surface area contributed by atoms with Gasteiger partial charge in [0.1, 0.15) is 5.75 Å². The number of piperidine rings is 3. The predicted octanol–water partition coefficient (Wildman–Crippen LogP) is 3.83. The summed E-state index contributed by atoms with van der Waals surface area (Å²) >= 11 is 1.58. The van der Waals surface area contributed by atoms with E-state index in [0.717, 1.165) is 53.3 Å². The summed E-state index contributed by atoms with van der Waals surface area (Å²) in [6, 6.07) is 6.55. The van der Waals surface area contributed by atoms with Gasteiger partial charge in [0.2, 0.25) is 0 Å². The molecular formula is C21H26N2O2S. The summed E-state index contributed by atoms with van der Waals surface area (Å²) in [4.78, 5) is 16.4. The van der Waals surface area contributed by atoms with E-state index in [1.807, 2.05) is 6.07 Å². The molecule has 6 rings (SSSR count). The summed E-state index contributed by atoms with van der Waals surface area (Å²) < 4.78 is 7.05. The van der Waals surface area contributed by atoms with Crippen LogP contribution in [0, 0.1) is 5.92 Å². The number of carbonyl (C=O) groups excluding carboxylic acids is 1. The fourth-order valence-electron chi connectivity index (χ4n) is 5.11. The zero-order valence-corrected chi connectivity index (χ0v) is 16.3. The molecular weight excluding hydrogens is 344 g/mol. The highest BCUT2D eigenvalue weighted by Gasteiger charge is 2.48. The van der Waals surface area contributed by atoms with E-state index in [-0.39, 0.29) is 17.5 Å². The van der Waals surface area contributed by atoms with Crippen LogP contribution in [-0.4, -0.2) is 42.1 Å². The summed E-state index contributed by atoms with van der Waals surface area (Å²) in [6.45, 7) is 7.66. The third-order valence-electron chi connectivity index (χ3n) is 6.66. The van der Waals surface area contributed by atoms with E-state index in [4.69, 9.17) is 4.74 Å². The van der Waals surface area contributed by atoms with Crippen LogP contribution in [0.5, 0.6) is 5.75 Å². The van der Waals surface area contributed by atoms with E-state index in [0.29, 0.717) is 5.92 Å². The molecule has 5 heteroatoms. The largest absolute Gasteiger partial charge is 0.492 e. The van der Waals surface area contributed by atoms with Gasteiger partial charge in [-0.1, -0.05) is 12.1 Å². The second kappa shape index (κ2) is 5.96. The molecule has 138 valence electrons. The quantitative estimate of drug-likeness (QED) is 0.874. The van der Waals surface area contributed by atoms with Crippen LogP contribution in [0.1, 0.15) is 48.3 Å². The summed E-state index contributed by atoms with van der Waals surface area (Å²) in [5.74, 6) is 1.67. The van der Waals surface area contributed by atoms with Gasteiger partial charge in [-0.15, -0.1) is 11.3 Å². The van der Waals surface area contributed by atoms with Crippen LogP contribution in [0.3, 0.4) is 0 Å². The zero-order chi connectivity index (χ0) is 17.9. The normalized spacial score (nSPS) is 29.2. The molecule has 2 aromatic rings. The lowest BCUT2D eigenvalue weighted by atomic mass is 9.72. The van der Waals surface area contributed by atoms with Crippen molar-refractivity contribution in [1.82, 2.24) is 10.2 Å². The Labute approximate surface area is 158 Å². The smallest absolute Gasteiger partial charge is 0.261 e. The molecule has 0 aliphatic carbocycles. The third-order valence-corrected chi connectivity index (χ3v) is 7.81. The minimum Gasteiger partial charge on any atom is -0.492 e.